The fourth-order valence-electron chi connectivity index (χ4n) is 2.55. The molecule has 2 aromatic carbocycles. The number of aryl methyl sites for hydroxylation is 1. The fourth-order valence-corrected chi connectivity index (χ4v) is 2.55. The van der Waals surface area contributed by atoms with Crippen molar-refractivity contribution in [3.63, 3.8) is 0 Å². The highest BCUT2D eigenvalue weighted by Gasteiger charge is 2.19. The van der Waals surface area contributed by atoms with Crippen molar-refractivity contribution in [3.8, 4) is 16.9 Å². The van der Waals surface area contributed by atoms with Crippen molar-refractivity contribution >= 4 is 11.9 Å². The second-order valence-electron chi connectivity index (χ2n) is 5.40. The van der Waals surface area contributed by atoms with Crippen molar-refractivity contribution in [1.29, 1.82) is 0 Å². The minimum absolute atomic E-state index is 0.0143. The molecule has 0 unspecified atom stereocenters. The molecule has 120 valence electrons. The maximum absolute atomic E-state index is 11.6. The second-order valence-corrected chi connectivity index (χ2v) is 5.40. The highest BCUT2D eigenvalue weighted by molar-refractivity contribution is 6.00. The molecule has 0 radical (unpaired) electrons. The van der Waals surface area contributed by atoms with Crippen molar-refractivity contribution < 1.29 is 24.5 Å². The first-order valence-electron chi connectivity index (χ1n) is 7.03. The molecule has 5 heteroatoms. The Morgan fingerprint density at radius 2 is 1.65 bits per heavy atom. The lowest BCUT2D eigenvalue weighted by molar-refractivity contribution is 0.0600. The number of methoxy groups -OCH3 is 1. The molecule has 5 nitrogen and oxygen atoms in total. The summed E-state index contributed by atoms with van der Waals surface area (Å²) in [5, 5.41) is 19.5. The number of hydrogen-bond donors (Lipinski definition) is 2. The number of carbonyl (C=O) groups excluding carboxylic acids is 1. The maximum atomic E-state index is 11.6. The molecule has 0 spiro atoms. The number of ether oxygens (including phenoxy) is 1. The predicted octanol–water partition coefficient (Wildman–Crippen LogP) is 3.47. The third-order valence-electron chi connectivity index (χ3n) is 4.02. The minimum atomic E-state index is -1.13. The topological polar surface area (TPSA) is 83.8 Å². The van der Waals surface area contributed by atoms with Crippen molar-refractivity contribution in [3.05, 3.63) is 52.1 Å². The number of aromatic hydroxyl groups is 1. The fraction of sp³-hybridized carbons (Fsp3) is 0.222. The van der Waals surface area contributed by atoms with Crippen LogP contribution in [0.5, 0.6) is 5.75 Å². The van der Waals surface area contributed by atoms with E-state index in [-0.39, 0.29) is 16.9 Å². The van der Waals surface area contributed by atoms with Crippen LogP contribution in [0.1, 0.15) is 37.4 Å². The van der Waals surface area contributed by atoms with Gasteiger partial charge in [-0.15, -0.1) is 0 Å². The first-order chi connectivity index (χ1) is 10.8. The molecule has 0 aliphatic heterocycles. The third kappa shape index (κ3) is 2.90. The first kappa shape index (κ1) is 16.5. The summed E-state index contributed by atoms with van der Waals surface area (Å²) in [5.74, 6) is -1.52. The lowest BCUT2D eigenvalue weighted by atomic mass is 9.90. The molecule has 0 saturated carbocycles. The van der Waals surface area contributed by atoms with Gasteiger partial charge in [-0.25, -0.2) is 9.59 Å². The molecule has 0 bridgehead atoms. The number of carbonyl (C=O) groups is 2. The lowest BCUT2D eigenvalue weighted by Gasteiger charge is -2.15. The Balaban J connectivity index is 2.74. The van der Waals surface area contributed by atoms with Gasteiger partial charge in [-0.1, -0.05) is 6.07 Å². The zero-order valence-electron chi connectivity index (χ0n) is 13.4. The highest BCUT2D eigenvalue weighted by Crippen LogP contribution is 2.35. The van der Waals surface area contributed by atoms with Crippen LogP contribution in [0.15, 0.2) is 24.3 Å². The number of carboxylic acids is 1. The summed E-state index contributed by atoms with van der Waals surface area (Å²) < 4.78 is 4.63. The average Bonchev–Trinajstić information content (AvgIpc) is 2.54. The molecule has 23 heavy (non-hydrogen) atoms. The van der Waals surface area contributed by atoms with Gasteiger partial charge in [0, 0.05) is 0 Å². The summed E-state index contributed by atoms with van der Waals surface area (Å²) in [6.45, 7) is 5.36. The summed E-state index contributed by atoms with van der Waals surface area (Å²) in [7, 11) is 1.24. The SMILES string of the molecule is COC(=O)c1ccc(-c2cc(C)c(O)c(C)c2C)c(C(=O)O)c1. The minimum Gasteiger partial charge on any atom is -0.507 e. The van der Waals surface area contributed by atoms with Crippen LogP contribution in [0, 0.1) is 20.8 Å². The predicted molar refractivity (Wildman–Crippen MR) is 86.1 cm³/mol. The molecule has 2 rings (SSSR count). The van der Waals surface area contributed by atoms with Gasteiger partial charge in [0.15, 0.2) is 0 Å². The average molecular weight is 314 g/mol. The molecular formula is C18H18O5. The Morgan fingerprint density at radius 1 is 1.00 bits per heavy atom. The molecule has 0 saturated heterocycles. The van der Waals surface area contributed by atoms with E-state index in [1.165, 1.54) is 19.2 Å². The number of phenols is 1. The number of esters is 1. The Bertz CT molecular complexity index is 806. The normalized spacial score (nSPS) is 10.4. The number of aromatic carboxylic acids is 1. The number of hydrogen-bond acceptors (Lipinski definition) is 4. The molecule has 0 aliphatic carbocycles. The Kier molecular flexibility index (Phi) is 4.40. The van der Waals surface area contributed by atoms with Crippen LogP contribution in [0.2, 0.25) is 0 Å². The van der Waals surface area contributed by atoms with Crippen molar-refractivity contribution in [2.45, 2.75) is 20.8 Å². The van der Waals surface area contributed by atoms with Gasteiger partial charge in [-0.3, -0.25) is 0 Å². The van der Waals surface area contributed by atoms with Crippen LogP contribution < -0.4 is 0 Å². The molecule has 0 aromatic heterocycles. The van der Waals surface area contributed by atoms with Crippen LogP contribution in [0.25, 0.3) is 11.1 Å². The number of carboxylic acid groups (broad SMARTS) is 1. The number of phenolic OH excluding ortho intramolecular Hbond substituents is 1. The Labute approximate surface area is 134 Å². The van der Waals surface area contributed by atoms with Crippen molar-refractivity contribution in [2.75, 3.05) is 7.11 Å². The molecule has 0 fully saturated rings. The van der Waals surface area contributed by atoms with E-state index in [0.29, 0.717) is 22.3 Å². The maximum Gasteiger partial charge on any atom is 0.337 e. The van der Waals surface area contributed by atoms with E-state index < -0.39 is 11.9 Å². The molecule has 0 atom stereocenters. The van der Waals surface area contributed by atoms with E-state index >= 15 is 0 Å². The van der Waals surface area contributed by atoms with E-state index in [4.69, 9.17) is 0 Å². The molecule has 2 aromatic rings. The van der Waals surface area contributed by atoms with Crippen LogP contribution in [-0.4, -0.2) is 29.3 Å². The van der Waals surface area contributed by atoms with Crippen molar-refractivity contribution in [2.24, 2.45) is 0 Å². The molecule has 2 N–H and O–H groups in total. The monoisotopic (exact) mass is 314 g/mol. The van der Waals surface area contributed by atoms with Gasteiger partial charge in [-0.05, 0) is 66.8 Å². The standard InChI is InChI=1S/C18H18O5/c1-9-7-14(10(2)11(3)16(9)19)13-6-5-12(18(22)23-4)8-15(13)17(20)21/h5-8,19H,1-4H3,(H,20,21). The van der Waals surface area contributed by atoms with Crippen molar-refractivity contribution in [1.82, 2.24) is 0 Å². The molecule has 0 amide bonds. The van der Waals surface area contributed by atoms with Gasteiger partial charge in [0.1, 0.15) is 5.75 Å². The van der Waals surface area contributed by atoms with E-state index in [1.807, 2.05) is 6.92 Å². The summed E-state index contributed by atoms with van der Waals surface area (Å²) in [5.41, 5.74) is 3.56. The van der Waals surface area contributed by atoms with E-state index in [1.54, 1.807) is 26.0 Å². The van der Waals surface area contributed by atoms with Crippen LogP contribution in [0.4, 0.5) is 0 Å². The van der Waals surface area contributed by atoms with Gasteiger partial charge in [0.05, 0.1) is 18.2 Å². The molecular weight excluding hydrogens is 296 g/mol. The third-order valence-corrected chi connectivity index (χ3v) is 4.02. The lowest BCUT2D eigenvalue weighted by Crippen LogP contribution is -2.07. The van der Waals surface area contributed by atoms with Crippen LogP contribution >= 0.6 is 0 Å². The first-order valence-corrected chi connectivity index (χ1v) is 7.03. The smallest absolute Gasteiger partial charge is 0.337 e. The van der Waals surface area contributed by atoms with Crippen LogP contribution in [-0.2, 0) is 4.74 Å². The highest BCUT2D eigenvalue weighted by atomic mass is 16.5. The van der Waals surface area contributed by atoms with E-state index in [9.17, 15) is 19.8 Å². The summed E-state index contributed by atoms with van der Waals surface area (Å²) in [6, 6.07) is 6.18. The Hall–Kier alpha value is -2.82. The number of benzene rings is 2. The van der Waals surface area contributed by atoms with Gasteiger partial charge >= 0.3 is 11.9 Å². The second kappa shape index (κ2) is 6.12. The summed E-state index contributed by atoms with van der Waals surface area (Å²) in [4.78, 5) is 23.2. The van der Waals surface area contributed by atoms with Crippen LogP contribution in [0.3, 0.4) is 0 Å². The van der Waals surface area contributed by atoms with E-state index in [0.717, 1.165) is 5.56 Å². The van der Waals surface area contributed by atoms with Gasteiger partial charge in [-0.2, -0.15) is 0 Å². The largest absolute Gasteiger partial charge is 0.507 e. The number of rotatable bonds is 3. The van der Waals surface area contributed by atoms with Gasteiger partial charge < -0.3 is 14.9 Å². The summed E-state index contributed by atoms with van der Waals surface area (Å²) >= 11 is 0. The van der Waals surface area contributed by atoms with Gasteiger partial charge in [0.2, 0.25) is 0 Å². The summed E-state index contributed by atoms with van der Waals surface area (Å²) in [6.07, 6.45) is 0. The van der Waals surface area contributed by atoms with E-state index in [2.05, 4.69) is 4.74 Å². The molecule has 0 aliphatic rings. The molecule has 0 heterocycles. The zero-order valence-corrected chi connectivity index (χ0v) is 13.4. The quantitative estimate of drug-likeness (QED) is 0.848. The van der Waals surface area contributed by atoms with Gasteiger partial charge in [0.25, 0.3) is 0 Å². The zero-order chi connectivity index (χ0) is 17.3. The Morgan fingerprint density at radius 3 is 2.22 bits per heavy atom.